The monoisotopic (exact) mass is 279 g/mol. The Kier molecular flexibility index (Phi) is 7.17. The van der Waals surface area contributed by atoms with E-state index < -0.39 is 0 Å². The molecule has 5 nitrogen and oxygen atoms in total. The number of unbranched alkanes of at least 4 members (excludes halogenated alkanes) is 1. The van der Waals surface area contributed by atoms with Crippen LogP contribution in [0.5, 0.6) is 5.75 Å². The first kappa shape index (κ1) is 16.0. The first-order valence-electron chi connectivity index (χ1n) is 6.73. The highest BCUT2D eigenvalue weighted by molar-refractivity contribution is 5.92. The predicted molar refractivity (Wildman–Crippen MR) is 76.8 cm³/mol. The van der Waals surface area contributed by atoms with Gasteiger partial charge in [0.15, 0.2) is 0 Å². The number of nitrogens with zero attached hydrogens (tertiary/aromatic N) is 1. The van der Waals surface area contributed by atoms with Crippen LogP contribution in [-0.2, 0) is 11.2 Å². The Balaban J connectivity index is 2.89. The maximum atomic E-state index is 12.1. The summed E-state index contributed by atoms with van der Waals surface area (Å²) in [4.78, 5) is 12.1. The second-order valence-corrected chi connectivity index (χ2v) is 4.31. The van der Waals surface area contributed by atoms with Gasteiger partial charge in [-0.25, -0.2) is 4.79 Å². The van der Waals surface area contributed by atoms with Crippen molar-refractivity contribution < 1.29 is 19.5 Å². The zero-order valence-electron chi connectivity index (χ0n) is 12.0. The zero-order valence-corrected chi connectivity index (χ0v) is 12.0. The molecule has 0 heterocycles. The van der Waals surface area contributed by atoms with E-state index in [1.165, 1.54) is 6.21 Å². The van der Waals surface area contributed by atoms with E-state index in [1.54, 1.807) is 25.3 Å². The third kappa shape index (κ3) is 4.57. The van der Waals surface area contributed by atoms with Crippen molar-refractivity contribution >= 4 is 12.2 Å². The summed E-state index contributed by atoms with van der Waals surface area (Å²) in [6, 6.07) is 5.29. The molecule has 0 bridgehead atoms. The summed E-state index contributed by atoms with van der Waals surface area (Å²) in [6.45, 7) is 2.46. The lowest BCUT2D eigenvalue weighted by molar-refractivity contribution is 0.0498. The van der Waals surface area contributed by atoms with E-state index in [2.05, 4.69) is 5.16 Å². The van der Waals surface area contributed by atoms with Gasteiger partial charge < -0.3 is 14.7 Å². The smallest absolute Gasteiger partial charge is 0.338 e. The molecule has 0 amide bonds. The van der Waals surface area contributed by atoms with E-state index in [-0.39, 0.29) is 5.97 Å². The summed E-state index contributed by atoms with van der Waals surface area (Å²) in [6.07, 6.45) is 4.28. The quantitative estimate of drug-likeness (QED) is 0.261. The largest absolute Gasteiger partial charge is 0.496 e. The minimum atomic E-state index is -0.340. The first-order valence-corrected chi connectivity index (χ1v) is 6.73. The number of carbonyl (C=O) groups excluding carboxylic acids is 1. The Morgan fingerprint density at radius 1 is 1.45 bits per heavy atom. The number of benzene rings is 1. The molecule has 0 fully saturated rings. The average molecular weight is 279 g/mol. The van der Waals surface area contributed by atoms with Crippen LogP contribution in [0.25, 0.3) is 0 Å². The van der Waals surface area contributed by atoms with Crippen LogP contribution >= 0.6 is 0 Å². The Morgan fingerprint density at radius 2 is 2.25 bits per heavy atom. The van der Waals surface area contributed by atoms with Crippen molar-refractivity contribution in [3.05, 3.63) is 29.3 Å². The number of hydrogen-bond donors (Lipinski definition) is 1. The van der Waals surface area contributed by atoms with E-state index in [0.717, 1.165) is 18.4 Å². The molecule has 0 unspecified atom stereocenters. The van der Waals surface area contributed by atoms with Crippen LogP contribution in [0.15, 0.2) is 23.4 Å². The summed E-state index contributed by atoms with van der Waals surface area (Å²) in [5, 5.41) is 11.4. The molecular formula is C15H21NO4. The van der Waals surface area contributed by atoms with Crippen LogP contribution in [0.3, 0.4) is 0 Å². The fraction of sp³-hybridized carbons (Fsp3) is 0.467. The number of methoxy groups -OCH3 is 1. The van der Waals surface area contributed by atoms with Gasteiger partial charge in [0.05, 0.1) is 19.3 Å². The fourth-order valence-electron chi connectivity index (χ4n) is 1.86. The van der Waals surface area contributed by atoms with Gasteiger partial charge in [-0.3, -0.25) is 0 Å². The highest BCUT2D eigenvalue weighted by Gasteiger charge is 2.16. The number of oxime groups is 1. The fourth-order valence-corrected chi connectivity index (χ4v) is 1.86. The Labute approximate surface area is 119 Å². The minimum Gasteiger partial charge on any atom is -0.496 e. The number of hydrogen-bond acceptors (Lipinski definition) is 5. The SMILES string of the molecule is CCCCOC(=O)c1cccc(OC)c1CC/C=N\O. The molecule has 1 N–H and O–H groups in total. The lowest BCUT2D eigenvalue weighted by Gasteiger charge is -2.12. The van der Waals surface area contributed by atoms with Gasteiger partial charge in [0.25, 0.3) is 0 Å². The van der Waals surface area contributed by atoms with E-state index in [1.807, 2.05) is 6.92 Å². The number of ether oxygens (including phenoxy) is 2. The summed E-state index contributed by atoms with van der Waals surface area (Å²) in [7, 11) is 1.56. The second-order valence-electron chi connectivity index (χ2n) is 4.31. The van der Waals surface area contributed by atoms with Crippen molar-refractivity contribution in [2.24, 2.45) is 5.16 Å². The molecule has 5 heteroatoms. The van der Waals surface area contributed by atoms with Gasteiger partial charge in [-0.05, 0) is 31.4 Å². The van der Waals surface area contributed by atoms with E-state index in [4.69, 9.17) is 14.7 Å². The van der Waals surface area contributed by atoms with Gasteiger partial charge in [0, 0.05) is 11.8 Å². The molecule has 0 aliphatic carbocycles. The highest BCUT2D eigenvalue weighted by atomic mass is 16.5. The molecule has 0 radical (unpaired) electrons. The van der Waals surface area contributed by atoms with Gasteiger partial charge >= 0.3 is 5.97 Å². The molecule has 1 aromatic carbocycles. The van der Waals surface area contributed by atoms with Crippen molar-refractivity contribution in [2.45, 2.75) is 32.6 Å². The predicted octanol–water partition coefficient (Wildman–Crippen LogP) is 3.04. The van der Waals surface area contributed by atoms with Crippen LogP contribution in [0.4, 0.5) is 0 Å². The molecule has 0 aliphatic rings. The second kappa shape index (κ2) is 8.96. The Hall–Kier alpha value is -2.04. The minimum absolute atomic E-state index is 0.340. The normalized spacial score (nSPS) is 10.7. The molecule has 0 spiro atoms. The first-order chi connectivity index (χ1) is 9.74. The number of rotatable bonds is 8. The number of esters is 1. The number of carbonyl (C=O) groups is 1. The van der Waals surface area contributed by atoms with Gasteiger partial charge in [-0.1, -0.05) is 19.4 Å². The standard InChI is InChI=1S/C15H21NO4/c1-3-4-11-20-15(17)13-7-5-9-14(19-2)12(13)8-6-10-16-18/h5,7,9-10,18H,3-4,6,8,11H2,1-2H3/b16-10-. The van der Waals surface area contributed by atoms with Crippen LogP contribution < -0.4 is 4.74 Å². The van der Waals surface area contributed by atoms with E-state index >= 15 is 0 Å². The maximum Gasteiger partial charge on any atom is 0.338 e. The third-order valence-electron chi connectivity index (χ3n) is 2.91. The van der Waals surface area contributed by atoms with Crippen molar-refractivity contribution in [1.82, 2.24) is 0 Å². The molecule has 0 saturated carbocycles. The lowest BCUT2D eigenvalue weighted by atomic mass is 10.0. The highest BCUT2D eigenvalue weighted by Crippen LogP contribution is 2.24. The third-order valence-corrected chi connectivity index (χ3v) is 2.91. The van der Waals surface area contributed by atoms with Crippen LogP contribution in [0.1, 0.15) is 42.1 Å². The van der Waals surface area contributed by atoms with Gasteiger partial charge in [0.1, 0.15) is 5.75 Å². The average Bonchev–Trinajstić information content (AvgIpc) is 2.47. The maximum absolute atomic E-state index is 12.1. The molecule has 20 heavy (non-hydrogen) atoms. The van der Waals surface area contributed by atoms with Crippen molar-refractivity contribution in [2.75, 3.05) is 13.7 Å². The molecule has 0 atom stereocenters. The van der Waals surface area contributed by atoms with Crippen LogP contribution in [-0.4, -0.2) is 31.1 Å². The van der Waals surface area contributed by atoms with E-state index in [9.17, 15) is 4.79 Å². The topological polar surface area (TPSA) is 68.1 Å². The molecule has 0 aromatic heterocycles. The van der Waals surface area contributed by atoms with Crippen molar-refractivity contribution in [1.29, 1.82) is 0 Å². The molecule has 0 aliphatic heterocycles. The van der Waals surface area contributed by atoms with Gasteiger partial charge in [-0.15, -0.1) is 5.16 Å². The summed E-state index contributed by atoms with van der Waals surface area (Å²) < 4.78 is 10.5. The molecular weight excluding hydrogens is 258 g/mol. The van der Waals surface area contributed by atoms with Gasteiger partial charge in [0.2, 0.25) is 0 Å². The van der Waals surface area contributed by atoms with Crippen molar-refractivity contribution in [3.63, 3.8) is 0 Å². The summed E-state index contributed by atoms with van der Waals surface area (Å²) in [5.74, 6) is 0.301. The zero-order chi connectivity index (χ0) is 14.8. The summed E-state index contributed by atoms with van der Waals surface area (Å²) in [5.41, 5.74) is 1.28. The molecule has 1 rings (SSSR count). The molecule has 110 valence electrons. The van der Waals surface area contributed by atoms with Gasteiger partial charge in [-0.2, -0.15) is 0 Å². The lowest BCUT2D eigenvalue weighted by Crippen LogP contribution is -2.10. The molecule has 0 saturated heterocycles. The Morgan fingerprint density at radius 3 is 2.90 bits per heavy atom. The van der Waals surface area contributed by atoms with Crippen LogP contribution in [0.2, 0.25) is 0 Å². The van der Waals surface area contributed by atoms with Crippen molar-refractivity contribution in [3.8, 4) is 5.75 Å². The van der Waals surface area contributed by atoms with Crippen LogP contribution in [0, 0.1) is 0 Å². The Bertz CT molecular complexity index is 457. The van der Waals surface area contributed by atoms with E-state index in [0.29, 0.717) is 30.8 Å². The molecule has 1 aromatic rings. The summed E-state index contributed by atoms with van der Waals surface area (Å²) >= 11 is 0.